The van der Waals surface area contributed by atoms with Gasteiger partial charge in [-0.3, -0.25) is 0 Å². The molecule has 1 aromatic carbocycles. The number of carbonyl (C=O) groups excluding carboxylic acids is 1. The smallest absolute Gasteiger partial charge is 0.422 e. The van der Waals surface area contributed by atoms with Gasteiger partial charge in [0.25, 0.3) is 0 Å². The fourth-order valence-electron chi connectivity index (χ4n) is 2.44. The second kappa shape index (κ2) is 13.5. The molecule has 0 fully saturated rings. The molecule has 2 aromatic rings. The Labute approximate surface area is 210 Å². The van der Waals surface area contributed by atoms with Crippen molar-refractivity contribution in [2.45, 2.75) is 12.8 Å². The predicted octanol–water partition coefficient (Wildman–Crippen LogP) is 3.28. The number of pyridine rings is 1. The first-order chi connectivity index (χ1) is 16.9. The molecule has 1 aromatic heterocycles. The number of hydrogen-bond acceptors (Lipinski definition) is 9. The van der Waals surface area contributed by atoms with Gasteiger partial charge in [-0.15, -0.1) is 0 Å². The number of nitrogens with one attached hydrogen (secondary N) is 2. The first-order valence-corrected chi connectivity index (χ1v) is 11.9. The standard InChI is InChI=1S/C20H23ClF3N3O8S/c1-31-6-5-26-36(29,30)27-19(28)34-12-13-3-4-15(33-8-7-32-2)10-17(13)35-18-16(21)9-14(11-25-18)20(22,23)24/h3-4,9-11,26H,5-8,12H2,1-2H3,(H,27,28). The van der Waals surface area contributed by atoms with E-state index in [4.69, 9.17) is 35.3 Å². The van der Waals surface area contributed by atoms with Crippen LogP contribution in [0.1, 0.15) is 11.1 Å². The van der Waals surface area contributed by atoms with E-state index in [-0.39, 0.29) is 43.6 Å². The number of rotatable bonds is 13. The zero-order valence-electron chi connectivity index (χ0n) is 19.1. The lowest BCUT2D eigenvalue weighted by atomic mass is 10.2. The lowest BCUT2D eigenvalue weighted by molar-refractivity contribution is -0.137. The molecule has 0 aliphatic rings. The van der Waals surface area contributed by atoms with Crippen molar-refractivity contribution in [3.8, 4) is 17.4 Å². The Bertz CT molecular complexity index is 1140. The molecule has 0 saturated carbocycles. The lowest BCUT2D eigenvalue weighted by Crippen LogP contribution is -2.41. The fraction of sp³-hybridized carbons (Fsp3) is 0.400. The molecule has 0 radical (unpaired) electrons. The minimum Gasteiger partial charge on any atom is -0.491 e. The number of aromatic nitrogens is 1. The highest BCUT2D eigenvalue weighted by molar-refractivity contribution is 7.88. The summed E-state index contributed by atoms with van der Waals surface area (Å²) in [5, 5.41) is -0.423. The SMILES string of the molecule is COCCNS(=O)(=O)NC(=O)OCc1ccc(OCCOC)cc1Oc1ncc(C(F)(F)F)cc1Cl. The number of halogens is 4. The van der Waals surface area contributed by atoms with Crippen LogP contribution in [0.3, 0.4) is 0 Å². The second-order valence-corrected chi connectivity index (χ2v) is 8.70. The number of alkyl halides is 3. The van der Waals surface area contributed by atoms with E-state index in [1.54, 1.807) is 4.72 Å². The highest BCUT2D eigenvalue weighted by atomic mass is 35.5. The van der Waals surface area contributed by atoms with Crippen molar-refractivity contribution in [2.75, 3.05) is 40.6 Å². The van der Waals surface area contributed by atoms with Crippen LogP contribution in [0.4, 0.5) is 18.0 Å². The van der Waals surface area contributed by atoms with Crippen LogP contribution in [0.25, 0.3) is 0 Å². The van der Waals surface area contributed by atoms with Crippen LogP contribution in [0, 0.1) is 0 Å². The summed E-state index contributed by atoms with van der Waals surface area (Å²) in [7, 11) is -1.34. The summed E-state index contributed by atoms with van der Waals surface area (Å²) >= 11 is 5.92. The normalized spacial score (nSPS) is 11.7. The molecular weight excluding hydrogens is 535 g/mol. The zero-order valence-corrected chi connectivity index (χ0v) is 20.6. The highest BCUT2D eigenvalue weighted by Crippen LogP contribution is 2.36. The zero-order chi connectivity index (χ0) is 26.8. The van der Waals surface area contributed by atoms with Gasteiger partial charge in [0.1, 0.15) is 29.7 Å². The number of nitrogens with zero attached hydrogens (tertiary/aromatic N) is 1. The first kappa shape index (κ1) is 29.4. The van der Waals surface area contributed by atoms with Gasteiger partial charge in [0, 0.05) is 38.6 Å². The maximum atomic E-state index is 12.9. The molecule has 16 heteroatoms. The third-order valence-corrected chi connectivity index (χ3v) is 5.40. The molecule has 0 saturated heterocycles. The molecular formula is C20H23ClF3N3O8S. The molecule has 0 bridgehead atoms. The molecule has 0 unspecified atom stereocenters. The van der Waals surface area contributed by atoms with E-state index in [0.717, 1.165) is 0 Å². The monoisotopic (exact) mass is 557 g/mol. The van der Waals surface area contributed by atoms with Crippen molar-refractivity contribution in [3.63, 3.8) is 0 Å². The van der Waals surface area contributed by atoms with E-state index in [1.807, 2.05) is 0 Å². The van der Waals surface area contributed by atoms with Crippen molar-refractivity contribution in [1.29, 1.82) is 0 Å². The van der Waals surface area contributed by atoms with Gasteiger partial charge in [-0.25, -0.2) is 14.5 Å². The van der Waals surface area contributed by atoms with E-state index >= 15 is 0 Å². The van der Waals surface area contributed by atoms with Crippen LogP contribution in [-0.4, -0.2) is 60.1 Å². The Balaban J connectivity index is 2.19. The fourth-order valence-corrected chi connectivity index (χ4v) is 3.35. The van der Waals surface area contributed by atoms with Crippen molar-refractivity contribution in [2.24, 2.45) is 0 Å². The third kappa shape index (κ3) is 9.66. The van der Waals surface area contributed by atoms with Gasteiger partial charge in [-0.2, -0.15) is 26.3 Å². The summed E-state index contributed by atoms with van der Waals surface area (Å²) in [5.41, 5.74) is -0.871. The maximum Gasteiger partial charge on any atom is 0.422 e. The minimum atomic E-state index is -4.66. The second-order valence-electron chi connectivity index (χ2n) is 6.79. The molecule has 11 nitrogen and oxygen atoms in total. The van der Waals surface area contributed by atoms with Crippen LogP contribution in [0.5, 0.6) is 17.4 Å². The summed E-state index contributed by atoms with van der Waals surface area (Å²) in [5.74, 6) is -0.0783. The summed E-state index contributed by atoms with van der Waals surface area (Å²) < 4.78 is 91.6. The molecule has 2 rings (SSSR count). The van der Waals surface area contributed by atoms with Gasteiger partial charge >= 0.3 is 22.5 Å². The van der Waals surface area contributed by atoms with Crippen LogP contribution < -0.4 is 18.9 Å². The average Bonchev–Trinajstić information content (AvgIpc) is 2.79. The molecule has 36 heavy (non-hydrogen) atoms. The Morgan fingerprint density at radius 1 is 1.11 bits per heavy atom. The van der Waals surface area contributed by atoms with Gasteiger partial charge in [-0.1, -0.05) is 11.6 Å². The maximum absolute atomic E-state index is 12.9. The van der Waals surface area contributed by atoms with Crippen molar-refractivity contribution < 1.29 is 50.1 Å². The van der Waals surface area contributed by atoms with Gasteiger partial charge in [0.2, 0.25) is 5.88 Å². The van der Waals surface area contributed by atoms with Crippen molar-refractivity contribution >= 4 is 27.9 Å². The summed E-state index contributed by atoms with van der Waals surface area (Å²) in [6, 6.07) is 4.96. The quantitative estimate of drug-likeness (QED) is 0.356. The van der Waals surface area contributed by atoms with Crippen molar-refractivity contribution in [1.82, 2.24) is 14.4 Å². The average molecular weight is 558 g/mol. The van der Waals surface area contributed by atoms with E-state index in [0.29, 0.717) is 18.0 Å². The van der Waals surface area contributed by atoms with Crippen LogP contribution >= 0.6 is 11.6 Å². The first-order valence-electron chi connectivity index (χ1n) is 10.0. The number of amides is 1. The highest BCUT2D eigenvalue weighted by Gasteiger charge is 2.32. The largest absolute Gasteiger partial charge is 0.491 e. The third-order valence-electron chi connectivity index (χ3n) is 4.11. The number of carbonyl (C=O) groups is 1. The number of ether oxygens (including phenoxy) is 5. The van der Waals surface area contributed by atoms with Crippen molar-refractivity contribution in [3.05, 3.63) is 46.6 Å². The van der Waals surface area contributed by atoms with E-state index in [9.17, 15) is 26.4 Å². The molecule has 0 atom stereocenters. The van der Waals surface area contributed by atoms with E-state index in [2.05, 4.69) is 9.71 Å². The summed E-state index contributed by atoms with van der Waals surface area (Å²) in [6.07, 6.45) is -5.40. The minimum absolute atomic E-state index is 0.0204. The summed E-state index contributed by atoms with van der Waals surface area (Å²) in [6.45, 7) is -0.0221. The molecule has 0 aliphatic carbocycles. The van der Waals surface area contributed by atoms with Gasteiger partial charge < -0.3 is 23.7 Å². The number of hydrogen-bond donors (Lipinski definition) is 2. The van der Waals surface area contributed by atoms with Crippen LogP contribution in [0.2, 0.25) is 5.02 Å². The molecule has 200 valence electrons. The topological polar surface area (TPSA) is 134 Å². The van der Waals surface area contributed by atoms with E-state index < -0.39 is 39.7 Å². The van der Waals surface area contributed by atoms with Gasteiger partial charge in [-0.05, 0) is 18.2 Å². The van der Waals surface area contributed by atoms with E-state index in [1.165, 1.54) is 32.4 Å². The molecule has 0 aliphatic heterocycles. The number of benzene rings is 1. The molecule has 1 heterocycles. The Morgan fingerprint density at radius 3 is 2.47 bits per heavy atom. The number of methoxy groups -OCH3 is 2. The van der Waals surface area contributed by atoms with Gasteiger partial charge in [0.15, 0.2) is 0 Å². The summed E-state index contributed by atoms with van der Waals surface area (Å²) in [4.78, 5) is 15.6. The molecule has 2 N–H and O–H groups in total. The van der Waals surface area contributed by atoms with Gasteiger partial charge in [0.05, 0.1) is 18.8 Å². The lowest BCUT2D eigenvalue weighted by Gasteiger charge is -2.15. The molecule has 1 amide bonds. The Kier molecular flexibility index (Phi) is 11.0. The van der Waals surface area contributed by atoms with Crippen LogP contribution in [-0.2, 0) is 37.2 Å². The molecule has 0 spiro atoms. The van der Waals surface area contributed by atoms with Crippen LogP contribution in [0.15, 0.2) is 30.5 Å². The Morgan fingerprint density at radius 2 is 1.83 bits per heavy atom. The Hall–Kier alpha value is -2.85. The predicted molar refractivity (Wildman–Crippen MR) is 120 cm³/mol.